The van der Waals surface area contributed by atoms with Crippen molar-refractivity contribution in [1.29, 1.82) is 0 Å². The summed E-state index contributed by atoms with van der Waals surface area (Å²) in [4.78, 5) is 11.9. The van der Waals surface area contributed by atoms with Gasteiger partial charge in [-0.3, -0.25) is 0 Å². The lowest BCUT2D eigenvalue weighted by Gasteiger charge is -2.24. The molecule has 0 bridgehead atoms. The molecule has 0 aliphatic carbocycles. The van der Waals surface area contributed by atoms with E-state index in [1.54, 1.807) is 37.6 Å². The summed E-state index contributed by atoms with van der Waals surface area (Å²) < 4.78 is 12.5. The molecule has 0 atom stereocenters. The van der Waals surface area contributed by atoms with E-state index in [2.05, 4.69) is 10.3 Å². The quantitative estimate of drug-likeness (QED) is 0.674. The summed E-state index contributed by atoms with van der Waals surface area (Å²) in [7, 11) is 0. The van der Waals surface area contributed by atoms with Crippen molar-refractivity contribution in [3.63, 3.8) is 0 Å². The van der Waals surface area contributed by atoms with E-state index in [1.165, 1.54) is 0 Å². The molecule has 0 amide bonds. The number of ether oxygens (including phenoxy) is 2. The van der Waals surface area contributed by atoms with E-state index in [9.17, 15) is 4.79 Å². The predicted molar refractivity (Wildman–Crippen MR) is 90.2 cm³/mol. The SMILES string of the molecule is CCOC(=O)C(C)(C)Oc1ccc(-n2nnc3ccccc32)cc1. The van der Waals surface area contributed by atoms with E-state index in [-0.39, 0.29) is 0 Å². The van der Waals surface area contributed by atoms with Crippen molar-refractivity contribution in [2.75, 3.05) is 6.61 Å². The number of fused-ring (bicyclic) bond motifs is 1. The van der Waals surface area contributed by atoms with Crippen LogP contribution in [0.15, 0.2) is 48.5 Å². The summed E-state index contributed by atoms with van der Waals surface area (Å²) in [5, 5.41) is 8.32. The van der Waals surface area contributed by atoms with Crippen LogP contribution in [-0.2, 0) is 9.53 Å². The summed E-state index contributed by atoms with van der Waals surface area (Å²) in [5.41, 5.74) is 1.58. The maximum absolute atomic E-state index is 11.9. The molecule has 6 heteroatoms. The van der Waals surface area contributed by atoms with Gasteiger partial charge in [0.15, 0.2) is 5.60 Å². The topological polar surface area (TPSA) is 66.2 Å². The van der Waals surface area contributed by atoms with Crippen LogP contribution in [0.2, 0.25) is 0 Å². The first-order valence-corrected chi connectivity index (χ1v) is 7.78. The van der Waals surface area contributed by atoms with E-state index in [1.807, 2.05) is 36.4 Å². The van der Waals surface area contributed by atoms with Crippen molar-refractivity contribution in [2.24, 2.45) is 0 Å². The Kier molecular flexibility index (Phi) is 4.20. The van der Waals surface area contributed by atoms with Crippen molar-refractivity contribution in [3.8, 4) is 11.4 Å². The summed E-state index contributed by atoms with van der Waals surface area (Å²) in [6.07, 6.45) is 0. The van der Waals surface area contributed by atoms with Crippen molar-refractivity contribution < 1.29 is 14.3 Å². The summed E-state index contributed by atoms with van der Waals surface area (Å²) in [6.45, 7) is 5.46. The van der Waals surface area contributed by atoms with Crippen molar-refractivity contribution in [2.45, 2.75) is 26.4 Å². The number of esters is 1. The molecule has 0 spiro atoms. The number of hydrogen-bond acceptors (Lipinski definition) is 5. The summed E-state index contributed by atoms with van der Waals surface area (Å²) >= 11 is 0. The maximum atomic E-state index is 11.9. The number of hydrogen-bond donors (Lipinski definition) is 0. The highest BCUT2D eigenvalue weighted by Gasteiger charge is 2.31. The van der Waals surface area contributed by atoms with Crippen LogP contribution in [0.4, 0.5) is 0 Å². The molecule has 124 valence electrons. The minimum atomic E-state index is -1.04. The largest absolute Gasteiger partial charge is 0.476 e. The fraction of sp³-hybridized carbons (Fsp3) is 0.278. The van der Waals surface area contributed by atoms with Gasteiger partial charge in [-0.2, -0.15) is 0 Å². The third kappa shape index (κ3) is 3.08. The Morgan fingerprint density at radius 3 is 2.54 bits per heavy atom. The average molecular weight is 325 g/mol. The van der Waals surface area contributed by atoms with Gasteiger partial charge < -0.3 is 9.47 Å². The number of carbonyl (C=O) groups is 1. The normalized spacial score (nSPS) is 11.5. The Balaban J connectivity index is 1.82. The number of para-hydroxylation sites is 1. The molecule has 0 saturated heterocycles. The fourth-order valence-electron chi connectivity index (χ4n) is 2.36. The highest BCUT2D eigenvalue weighted by atomic mass is 16.6. The van der Waals surface area contributed by atoms with E-state index < -0.39 is 11.6 Å². The number of aromatic nitrogens is 3. The van der Waals surface area contributed by atoms with Crippen LogP contribution in [0.5, 0.6) is 5.75 Å². The van der Waals surface area contributed by atoms with Crippen LogP contribution in [0.25, 0.3) is 16.7 Å². The zero-order valence-corrected chi connectivity index (χ0v) is 13.9. The lowest BCUT2D eigenvalue weighted by atomic mass is 10.1. The number of benzene rings is 2. The van der Waals surface area contributed by atoms with Gasteiger partial charge in [0.1, 0.15) is 11.3 Å². The Labute approximate surface area is 140 Å². The Hall–Kier alpha value is -2.89. The molecule has 0 aliphatic heterocycles. The molecule has 3 aromatic rings. The van der Waals surface area contributed by atoms with Crippen LogP contribution in [0.1, 0.15) is 20.8 Å². The van der Waals surface area contributed by atoms with Crippen molar-refractivity contribution >= 4 is 17.0 Å². The molecular formula is C18H19N3O3. The third-order valence-corrected chi connectivity index (χ3v) is 3.57. The monoisotopic (exact) mass is 325 g/mol. The summed E-state index contributed by atoms with van der Waals surface area (Å²) in [6, 6.07) is 15.1. The van der Waals surface area contributed by atoms with E-state index in [0.29, 0.717) is 12.4 Å². The van der Waals surface area contributed by atoms with Gasteiger partial charge in [0.2, 0.25) is 0 Å². The molecule has 1 aromatic heterocycles. The Morgan fingerprint density at radius 1 is 1.12 bits per heavy atom. The number of nitrogens with zero attached hydrogens (tertiary/aromatic N) is 3. The van der Waals surface area contributed by atoms with Gasteiger partial charge in [0.25, 0.3) is 0 Å². The van der Waals surface area contributed by atoms with Gasteiger partial charge in [-0.15, -0.1) is 5.10 Å². The van der Waals surface area contributed by atoms with Gasteiger partial charge in [-0.25, -0.2) is 9.48 Å². The molecule has 24 heavy (non-hydrogen) atoms. The number of rotatable bonds is 5. The highest BCUT2D eigenvalue weighted by molar-refractivity contribution is 5.79. The van der Waals surface area contributed by atoms with Crippen molar-refractivity contribution in [3.05, 3.63) is 48.5 Å². The van der Waals surface area contributed by atoms with E-state index in [0.717, 1.165) is 16.7 Å². The highest BCUT2D eigenvalue weighted by Crippen LogP contribution is 2.22. The third-order valence-electron chi connectivity index (χ3n) is 3.57. The van der Waals surface area contributed by atoms with Gasteiger partial charge in [0, 0.05) is 0 Å². The lowest BCUT2D eigenvalue weighted by molar-refractivity contribution is -0.158. The van der Waals surface area contributed by atoms with Gasteiger partial charge >= 0.3 is 5.97 Å². The zero-order valence-electron chi connectivity index (χ0n) is 13.9. The first-order chi connectivity index (χ1) is 11.5. The van der Waals surface area contributed by atoms with E-state index >= 15 is 0 Å². The van der Waals surface area contributed by atoms with E-state index in [4.69, 9.17) is 9.47 Å². The van der Waals surface area contributed by atoms with Crippen LogP contribution in [0.3, 0.4) is 0 Å². The molecule has 0 fully saturated rings. The maximum Gasteiger partial charge on any atom is 0.349 e. The minimum Gasteiger partial charge on any atom is -0.476 e. The lowest BCUT2D eigenvalue weighted by Crippen LogP contribution is -2.39. The molecule has 6 nitrogen and oxygen atoms in total. The molecule has 2 aromatic carbocycles. The molecule has 0 aliphatic rings. The molecule has 1 heterocycles. The molecule has 0 radical (unpaired) electrons. The average Bonchev–Trinajstić information content (AvgIpc) is 2.99. The Morgan fingerprint density at radius 2 is 1.83 bits per heavy atom. The van der Waals surface area contributed by atoms with Gasteiger partial charge in [-0.05, 0) is 57.2 Å². The smallest absolute Gasteiger partial charge is 0.349 e. The first kappa shape index (κ1) is 16.0. The van der Waals surface area contributed by atoms with Crippen LogP contribution < -0.4 is 4.74 Å². The zero-order chi connectivity index (χ0) is 17.2. The van der Waals surface area contributed by atoms with Crippen LogP contribution in [-0.4, -0.2) is 33.2 Å². The van der Waals surface area contributed by atoms with Gasteiger partial charge in [0.05, 0.1) is 17.8 Å². The molecular weight excluding hydrogens is 306 g/mol. The van der Waals surface area contributed by atoms with Gasteiger partial charge in [-0.1, -0.05) is 17.3 Å². The molecule has 0 N–H and O–H groups in total. The molecule has 0 saturated carbocycles. The fourth-order valence-corrected chi connectivity index (χ4v) is 2.36. The van der Waals surface area contributed by atoms with Crippen LogP contribution in [0, 0.1) is 0 Å². The standard InChI is InChI=1S/C18H19N3O3/c1-4-23-17(22)18(2,3)24-14-11-9-13(10-12-14)21-16-8-6-5-7-15(16)19-20-21/h5-12H,4H2,1-3H3. The second-order valence-electron chi connectivity index (χ2n) is 5.82. The second kappa shape index (κ2) is 6.31. The van der Waals surface area contributed by atoms with Crippen molar-refractivity contribution in [1.82, 2.24) is 15.0 Å². The second-order valence-corrected chi connectivity index (χ2v) is 5.82. The first-order valence-electron chi connectivity index (χ1n) is 7.78. The summed E-state index contributed by atoms with van der Waals surface area (Å²) in [5.74, 6) is 0.192. The minimum absolute atomic E-state index is 0.323. The predicted octanol–water partition coefficient (Wildman–Crippen LogP) is 3.14. The molecule has 0 unspecified atom stereocenters. The molecule has 3 rings (SSSR count). The number of carbonyl (C=O) groups excluding carboxylic acids is 1. The Bertz CT molecular complexity index is 853. The van der Waals surface area contributed by atoms with Crippen LogP contribution >= 0.6 is 0 Å².